The minimum absolute atomic E-state index is 0.00623. The molecule has 1 aromatic carbocycles. The Balaban J connectivity index is 2.13. The summed E-state index contributed by atoms with van der Waals surface area (Å²) in [7, 11) is 1.60. The van der Waals surface area contributed by atoms with Gasteiger partial charge in [0.1, 0.15) is 5.82 Å². The maximum atomic E-state index is 13.7. The van der Waals surface area contributed by atoms with E-state index in [4.69, 9.17) is 4.74 Å². The molecule has 1 N–H and O–H groups in total. The Kier molecular flexibility index (Phi) is 4.50. The first-order chi connectivity index (χ1) is 9.15. The molecule has 0 aliphatic carbocycles. The average Bonchev–Trinajstić information content (AvgIpc) is 2.86. The van der Waals surface area contributed by atoms with Gasteiger partial charge in [0.2, 0.25) is 5.91 Å². The molecular formula is C14H19FN2O2. The lowest BCUT2D eigenvalue weighted by atomic mass is 10.0. The number of amides is 1. The van der Waals surface area contributed by atoms with Gasteiger partial charge in [0.05, 0.1) is 24.8 Å². The third kappa shape index (κ3) is 2.93. The number of nitrogens with zero attached hydrogens (tertiary/aromatic N) is 1. The van der Waals surface area contributed by atoms with Crippen LogP contribution in [-0.4, -0.2) is 38.8 Å². The maximum absolute atomic E-state index is 13.7. The van der Waals surface area contributed by atoms with E-state index in [-0.39, 0.29) is 17.9 Å². The Labute approximate surface area is 112 Å². The van der Waals surface area contributed by atoms with Crippen molar-refractivity contribution in [1.29, 1.82) is 0 Å². The Morgan fingerprint density at radius 1 is 1.47 bits per heavy atom. The predicted octanol–water partition coefficient (Wildman–Crippen LogP) is 1.41. The first kappa shape index (κ1) is 14.0. The highest BCUT2D eigenvalue weighted by molar-refractivity contribution is 5.95. The Morgan fingerprint density at radius 2 is 2.21 bits per heavy atom. The monoisotopic (exact) mass is 266 g/mol. The van der Waals surface area contributed by atoms with Crippen LogP contribution < -0.4 is 10.2 Å². The molecule has 1 saturated heterocycles. The van der Waals surface area contributed by atoms with Crippen LogP contribution in [0.2, 0.25) is 0 Å². The molecule has 0 aromatic heterocycles. The first-order valence-corrected chi connectivity index (χ1v) is 6.48. The Morgan fingerprint density at radius 3 is 2.89 bits per heavy atom. The van der Waals surface area contributed by atoms with Crippen molar-refractivity contribution in [3.63, 3.8) is 0 Å². The molecule has 1 aliphatic heterocycles. The number of carbonyl (C=O) groups is 1. The van der Waals surface area contributed by atoms with Gasteiger partial charge in [-0.25, -0.2) is 4.39 Å². The number of rotatable bonds is 4. The minimum Gasteiger partial charge on any atom is -0.379 e. The number of carbonyl (C=O) groups excluding carboxylic acids is 1. The topological polar surface area (TPSA) is 41.6 Å². The van der Waals surface area contributed by atoms with Crippen LogP contribution in [0, 0.1) is 11.7 Å². The average molecular weight is 266 g/mol. The van der Waals surface area contributed by atoms with Crippen molar-refractivity contribution in [3.8, 4) is 0 Å². The molecular weight excluding hydrogens is 247 g/mol. The summed E-state index contributed by atoms with van der Waals surface area (Å²) in [5, 5.41) is 3.23. The lowest BCUT2D eigenvalue weighted by Crippen LogP contribution is -2.44. The van der Waals surface area contributed by atoms with E-state index in [9.17, 15) is 9.18 Å². The van der Waals surface area contributed by atoms with Gasteiger partial charge < -0.3 is 15.0 Å². The fraction of sp³-hybridized carbons (Fsp3) is 0.500. The quantitative estimate of drug-likeness (QED) is 0.896. The number of halogens is 1. The molecule has 1 fully saturated rings. The van der Waals surface area contributed by atoms with E-state index >= 15 is 0 Å². The zero-order valence-electron chi connectivity index (χ0n) is 11.2. The van der Waals surface area contributed by atoms with Gasteiger partial charge in [-0.2, -0.15) is 0 Å². The molecule has 1 aromatic rings. The van der Waals surface area contributed by atoms with Crippen LogP contribution in [0.5, 0.6) is 0 Å². The van der Waals surface area contributed by atoms with Gasteiger partial charge in [0.25, 0.3) is 0 Å². The van der Waals surface area contributed by atoms with Crippen molar-refractivity contribution in [2.45, 2.75) is 13.0 Å². The van der Waals surface area contributed by atoms with Gasteiger partial charge in [0.15, 0.2) is 0 Å². The molecule has 2 rings (SSSR count). The summed E-state index contributed by atoms with van der Waals surface area (Å²) >= 11 is 0. The van der Waals surface area contributed by atoms with E-state index in [1.54, 1.807) is 25.2 Å². The number of ether oxygens (including phenoxy) is 1. The van der Waals surface area contributed by atoms with Crippen LogP contribution in [0.1, 0.15) is 6.92 Å². The first-order valence-electron chi connectivity index (χ1n) is 6.48. The van der Waals surface area contributed by atoms with E-state index < -0.39 is 5.82 Å². The van der Waals surface area contributed by atoms with Gasteiger partial charge in [-0.15, -0.1) is 0 Å². The fourth-order valence-corrected chi connectivity index (χ4v) is 2.35. The van der Waals surface area contributed by atoms with Gasteiger partial charge in [-0.05, 0) is 18.7 Å². The zero-order valence-corrected chi connectivity index (χ0v) is 11.2. The number of hydrogen-bond acceptors (Lipinski definition) is 3. The normalized spacial score (nSPS) is 22.5. The molecule has 5 heteroatoms. The molecule has 1 aliphatic rings. The summed E-state index contributed by atoms with van der Waals surface area (Å²) < 4.78 is 19.0. The largest absolute Gasteiger partial charge is 0.379 e. The molecule has 4 nitrogen and oxygen atoms in total. The van der Waals surface area contributed by atoms with Crippen LogP contribution in [0.15, 0.2) is 24.3 Å². The molecule has 0 saturated carbocycles. The third-order valence-corrected chi connectivity index (χ3v) is 3.41. The van der Waals surface area contributed by atoms with E-state index in [0.717, 1.165) is 6.54 Å². The van der Waals surface area contributed by atoms with Crippen LogP contribution in [0.25, 0.3) is 0 Å². The van der Waals surface area contributed by atoms with Crippen molar-refractivity contribution in [2.75, 3.05) is 31.7 Å². The lowest BCUT2D eigenvalue weighted by Gasteiger charge is -2.24. The van der Waals surface area contributed by atoms with Gasteiger partial charge in [-0.1, -0.05) is 19.1 Å². The number of hydrogen-bond donors (Lipinski definition) is 1. The van der Waals surface area contributed by atoms with Gasteiger partial charge in [-0.3, -0.25) is 4.79 Å². The zero-order chi connectivity index (χ0) is 13.8. The van der Waals surface area contributed by atoms with E-state index in [2.05, 4.69) is 5.32 Å². The smallest absolute Gasteiger partial charge is 0.233 e. The highest BCUT2D eigenvalue weighted by atomic mass is 19.1. The highest BCUT2D eigenvalue weighted by Gasteiger charge is 2.35. The number of nitrogens with one attached hydrogen (secondary N) is 1. The van der Waals surface area contributed by atoms with E-state index in [0.29, 0.717) is 18.9 Å². The molecule has 2 unspecified atom stereocenters. The van der Waals surface area contributed by atoms with Crippen molar-refractivity contribution in [2.24, 2.45) is 5.92 Å². The van der Waals surface area contributed by atoms with Crippen LogP contribution in [-0.2, 0) is 9.53 Å². The van der Waals surface area contributed by atoms with E-state index in [1.165, 1.54) is 11.0 Å². The van der Waals surface area contributed by atoms with E-state index in [1.807, 2.05) is 6.92 Å². The summed E-state index contributed by atoms with van der Waals surface area (Å²) in [4.78, 5) is 13.8. The molecule has 0 bridgehead atoms. The summed E-state index contributed by atoms with van der Waals surface area (Å²) in [5.41, 5.74) is 0.301. The SMILES string of the molecule is CCNC1COCC1C(=O)N(C)c1ccccc1F. The maximum Gasteiger partial charge on any atom is 0.233 e. The Bertz CT molecular complexity index is 453. The molecule has 0 spiro atoms. The molecule has 2 atom stereocenters. The lowest BCUT2D eigenvalue weighted by molar-refractivity contribution is -0.122. The second kappa shape index (κ2) is 6.12. The second-order valence-corrected chi connectivity index (χ2v) is 4.66. The Hall–Kier alpha value is -1.46. The van der Waals surface area contributed by atoms with Crippen molar-refractivity contribution < 1.29 is 13.9 Å². The van der Waals surface area contributed by atoms with Crippen molar-refractivity contribution in [3.05, 3.63) is 30.1 Å². The number of likely N-dealkylation sites (N-methyl/N-ethyl adjacent to an activating group) is 1. The summed E-state index contributed by atoms with van der Waals surface area (Å²) in [6.45, 7) is 3.67. The fourth-order valence-electron chi connectivity index (χ4n) is 2.35. The van der Waals surface area contributed by atoms with Gasteiger partial charge >= 0.3 is 0 Å². The number of anilines is 1. The summed E-state index contributed by atoms with van der Waals surface area (Å²) in [5.74, 6) is -0.768. The van der Waals surface area contributed by atoms with Crippen LogP contribution in [0.3, 0.4) is 0 Å². The molecule has 104 valence electrons. The van der Waals surface area contributed by atoms with Crippen LogP contribution in [0.4, 0.5) is 10.1 Å². The summed E-state index contributed by atoms with van der Waals surface area (Å²) in [6.07, 6.45) is 0. The molecule has 1 heterocycles. The number of para-hydroxylation sites is 1. The second-order valence-electron chi connectivity index (χ2n) is 4.66. The van der Waals surface area contributed by atoms with Crippen LogP contribution >= 0.6 is 0 Å². The van der Waals surface area contributed by atoms with Gasteiger partial charge in [0, 0.05) is 13.1 Å². The predicted molar refractivity (Wildman–Crippen MR) is 71.6 cm³/mol. The summed E-state index contributed by atoms with van der Waals surface area (Å²) in [6, 6.07) is 6.29. The molecule has 1 amide bonds. The third-order valence-electron chi connectivity index (χ3n) is 3.41. The van der Waals surface area contributed by atoms with Crippen molar-refractivity contribution in [1.82, 2.24) is 5.32 Å². The molecule has 19 heavy (non-hydrogen) atoms. The highest BCUT2D eigenvalue weighted by Crippen LogP contribution is 2.22. The standard InChI is InChI=1S/C14H19FN2O2/c1-3-16-12-9-19-8-10(12)14(18)17(2)13-7-5-4-6-11(13)15/h4-7,10,12,16H,3,8-9H2,1-2H3. The number of benzene rings is 1. The molecule has 0 radical (unpaired) electrons. The minimum atomic E-state index is -0.391. The van der Waals surface area contributed by atoms with Crippen molar-refractivity contribution >= 4 is 11.6 Å².